The van der Waals surface area contributed by atoms with Crippen molar-refractivity contribution in [3.05, 3.63) is 22.1 Å². The Kier molecular flexibility index (Phi) is 1.61. The van der Waals surface area contributed by atoms with E-state index in [9.17, 15) is 14.5 Å². The highest BCUT2D eigenvalue weighted by Crippen LogP contribution is 2.12. The molecule has 0 spiro atoms. The fourth-order valence-electron chi connectivity index (χ4n) is 0.569. The van der Waals surface area contributed by atoms with Crippen LogP contribution in [-0.4, -0.2) is 14.9 Å². The molecule has 1 aromatic rings. The first kappa shape index (κ1) is 6.66. The zero-order chi connectivity index (χ0) is 7.56. The van der Waals surface area contributed by atoms with Crippen LogP contribution in [0.5, 0.6) is 0 Å². The number of halogens is 1. The van der Waals surface area contributed by atoms with Gasteiger partial charge in [0.25, 0.3) is 0 Å². The van der Waals surface area contributed by atoms with Crippen molar-refractivity contribution < 1.29 is 9.31 Å². The number of rotatable bonds is 2. The first-order valence-electron chi connectivity index (χ1n) is 2.48. The van der Waals surface area contributed by atoms with Gasteiger partial charge in [-0.3, -0.25) is 0 Å². The van der Waals surface area contributed by atoms with Crippen LogP contribution in [0, 0.1) is 10.1 Å². The Balaban J connectivity index is 3.01. The predicted molar refractivity (Wildman–Crippen MR) is 30.1 cm³/mol. The third-order valence-corrected chi connectivity index (χ3v) is 1.00. The molecule has 0 amide bonds. The Morgan fingerprint density at radius 1 is 1.90 bits per heavy atom. The van der Waals surface area contributed by atoms with Gasteiger partial charge >= 0.3 is 5.82 Å². The fourth-order valence-corrected chi connectivity index (χ4v) is 0.569. The molecule has 0 saturated carbocycles. The van der Waals surface area contributed by atoms with E-state index in [0.29, 0.717) is 0 Å². The minimum absolute atomic E-state index is 0.0926. The van der Waals surface area contributed by atoms with E-state index < -0.39 is 17.4 Å². The van der Waals surface area contributed by atoms with E-state index in [-0.39, 0.29) is 5.69 Å². The fraction of sp³-hybridized carbons (Fsp3) is 0.250. The van der Waals surface area contributed by atoms with E-state index in [1.165, 1.54) is 0 Å². The SMILES string of the molecule is O=[N+]([O-])c1nc[nH]c1CF. The highest BCUT2D eigenvalue weighted by Gasteiger charge is 2.15. The van der Waals surface area contributed by atoms with E-state index in [0.717, 1.165) is 6.33 Å². The van der Waals surface area contributed by atoms with Crippen molar-refractivity contribution in [3.8, 4) is 0 Å². The molecule has 5 nitrogen and oxygen atoms in total. The molecule has 0 atom stereocenters. The van der Waals surface area contributed by atoms with Crippen LogP contribution in [0.2, 0.25) is 0 Å². The second-order valence-electron chi connectivity index (χ2n) is 1.60. The van der Waals surface area contributed by atoms with Gasteiger partial charge < -0.3 is 15.1 Å². The van der Waals surface area contributed by atoms with Gasteiger partial charge in [-0.2, -0.15) is 0 Å². The van der Waals surface area contributed by atoms with Crippen LogP contribution < -0.4 is 0 Å². The van der Waals surface area contributed by atoms with Gasteiger partial charge in [0.2, 0.25) is 6.33 Å². The number of nitro groups is 1. The Labute approximate surface area is 55.0 Å². The van der Waals surface area contributed by atoms with Gasteiger partial charge in [0.1, 0.15) is 12.4 Å². The van der Waals surface area contributed by atoms with E-state index >= 15 is 0 Å². The van der Waals surface area contributed by atoms with Gasteiger partial charge in [-0.25, -0.2) is 4.39 Å². The predicted octanol–water partition coefficient (Wildman–Crippen LogP) is 0.787. The molecule has 1 heterocycles. The highest BCUT2D eigenvalue weighted by molar-refractivity contribution is 5.24. The number of H-pyrrole nitrogens is 1. The summed E-state index contributed by atoms with van der Waals surface area (Å²) in [4.78, 5) is 14.9. The number of aromatic amines is 1. The summed E-state index contributed by atoms with van der Waals surface area (Å²) < 4.78 is 11.8. The summed E-state index contributed by atoms with van der Waals surface area (Å²) in [5, 5.41) is 10.00. The third-order valence-electron chi connectivity index (χ3n) is 1.00. The molecule has 0 saturated heterocycles. The van der Waals surface area contributed by atoms with Crippen LogP contribution >= 0.6 is 0 Å². The average molecular weight is 145 g/mol. The summed E-state index contributed by atoms with van der Waals surface area (Å²) >= 11 is 0. The largest absolute Gasteiger partial charge is 0.387 e. The zero-order valence-corrected chi connectivity index (χ0v) is 4.87. The van der Waals surface area contributed by atoms with E-state index in [1.54, 1.807) is 0 Å². The molecule has 0 aliphatic heterocycles. The Morgan fingerprint density at radius 2 is 2.60 bits per heavy atom. The molecule has 0 aliphatic rings. The summed E-state index contributed by atoms with van der Waals surface area (Å²) in [6.45, 7) is -0.893. The molecule has 54 valence electrons. The quantitative estimate of drug-likeness (QED) is 0.493. The van der Waals surface area contributed by atoms with Crippen LogP contribution in [0.3, 0.4) is 0 Å². The number of nitrogens with one attached hydrogen (secondary N) is 1. The van der Waals surface area contributed by atoms with Crippen LogP contribution in [-0.2, 0) is 6.67 Å². The minimum Gasteiger partial charge on any atom is -0.358 e. The smallest absolute Gasteiger partial charge is 0.358 e. The molecule has 0 unspecified atom stereocenters. The maximum atomic E-state index is 11.8. The van der Waals surface area contributed by atoms with E-state index in [4.69, 9.17) is 0 Å². The van der Waals surface area contributed by atoms with Crippen molar-refractivity contribution >= 4 is 5.82 Å². The zero-order valence-electron chi connectivity index (χ0n) is 4.87. The molecule has 0 aromatic carbocycles. The van der Waals surface area contributed by atoms with Crippen molar-refractivity contribution in [2.45, 2.75) is 6.67 Å². The summed E-state index contributed by atoms with van der Waals surface area (Å²) in [5.41, 5.74) is -0.0926. The summed E-state index contributed by atoms with van der Waals surface area (Å²) in [6.07, 6.45) is 1.09. The van der Waals surface area contributed by atoms with Gasteiger partial charge in [0, 0.05) is 0 Å². The van der Waals surface area contributed by atoms with Crippen molar-refractivity contribution in [2.24, 2.45) is 0 Å². The molecule has 6 heteroatoms. The molecule has 1 aromatic heterocycles. The maximum absolute atomic E-state index is 11.8. The maximum Gasteiger partial charge on any atom is 0.387 e. The van der Waals surface area contributed by atoms with Crippen LogP contribution in [0.15, 0.2) is 6.33 Å². The lowest BCUT2D eigenvalue weighted by Gasteiger charge is -1.88. The normalized spacial score (nSPS) is 9.70. The number of hydrogen-bond acceptors (Lipinski definition) is 3. The van der Waals surface area contributed by atoms with Crippen molar-refractivity contribution in [2.75, 3.05) is 0 Å². The van der Waals surface area contributed by atoms with Gasteiger partial charge in [-0.15, -0.1) is 0 Å². The van der Waals surface area contributed by atoms with E-state index in [1.807, 2.05) is 0 Å². The lowest BCUT2D eigenvalue weighted by atomic mass is 10.5. The molecule has 0 fully saturated rings. The Hall–Kier alpha value is -1.46. The van der Waals surface area contributed by atoms with Crippen molar-refractivity contribution in [1.29, 1.82) is 0 Å². The van der Waals surface area contributed by atoms with Gasteiger partial charge in [-0.05, 0) is 9.91 Å². The number of hydrogen-bond donors (Lipinski definition) is 1. The Bertz CT molecular complexity index is 246. The number of alkyl halides is 1. The standard InChI is InChI=1S/C4H4FN3O2/c5-1-3-4(8(9)10)7-2-6-3/h2H,1H2,(H,6,7). The number of nitrogens with zero attached hydrogens (tertiary/aromatic N) is 2. The Morgan fingerprint density at radius 3 is 3.00 bits per heavy atom. The lowest BCUT2D eigenvalue weighted by Crippen LogP contribution is -1.91. The van der Waals surface area contributed by atoms with Crippen molar-refractivity contribution in [1.82, 2.24) is 9.97 Å². The highest BCUT2D eigenvalue weighted by atomic mass is 19.1. The molecular weight excluding hydrogens is 141 g/mol. The minimum atomic E-state index is -0.893. The van der Waals surface area contributed by atoms with Crippen LogP contribution in [0.1, 0.15) is 5.69 Å². The topological polar surface area (TPSA) is 71.8 Å². The second-order valence-corrected chi connectivity index (χ2v) is 1.60. The monoisotopic (exact) mass is 145 g/mol. The van der Waals surface area contributed by atoms with E-state index in [2.05, 4.69) is 9.97 Å². The molecule has 1 rings (SSSR count). The molecule has 0 radical (unpaired) electrons. The van der Waals surface area contributed by atoms with Crippen molar-refractivity contribution in [3.63, 3.8) is 0 Å². The molecule has 0 bridgehead atoms. The molecule has 1 N–H and O–H groups in total. The molecule has 0 aliphatic carbocycles. The molecule has 10 heavy (non-hydrogen) atoms. The lowest BCUT2D eigenvalue weighted by molar-refractivity contribution is -0.390. The summed E-state index contributed by atoms with van der Waals surface area (Å²) in [6, 6.07) is 0. The number of aromatic nitrogens is 2. The summed E-state index contributed by atoms with van der Waals surface area (Å²) in [5.74, 6) is -0.442. The van der Waals surface area contributed by atoms with Crippen LogP contribution in [0.25, 0.3) is 0 Å². The molecular formula is C4H4FN3O2. The third kappa shape index (κ3) is 0.949. The first-order valence-corrected chi connectivity index (χ1v) is 2.48. The second kappa shape index (κ2) is 2.42. The summed E-state index contributed by atoms with van der Waals surface area (Å²) in [7, 11) is 0. The first-order chi connectivity index (χ1) is 4.75. The van der Waals surface area contributed by atoms with Crippen LogP contribution in [0.4, 0.5) is 10.2 Å². The van der Waals surface area contributed by atoms with Gasteiger partial charge in [-0.1, -0.05) is 0 Å². The van der Waals surface area contributed by atoms with Gasteiger partial charge in [0.15, 0.2) is 0 Å². The number of imidazole rings is 1. The average Bonchev–Trinajstić information content (AvgIpc) is 2.33. The van der Waals surface area contributed by atoms with Gasteiger partial charge in [0.05, 0.1) is 0 Å².